The van der Waals surface area contributed by atoms with Gasteiger partial charge in [-0.05, 0) is 44.0 Å². The van der Waals surface area contributed by atoms with Gasteiger partial charge >= 0.3 is 0 Å². The maximum Gasteiger partial charge on any atom is 0.236 e. The lowest BCUT2D eigenvalue weighted by molar-refractivity contribution is -0.124. The van der Waals surface area contributed by atoms with Crippen LogP contribution in [0.3, 0.4) is 0 Å². The largest absolute Gasteiger partial charge is 0.480 e. The van der Waals surface area contributed by atoms with Gasteiger partial charge in [0.15, 0.2) is 11.6 Å². The lowest BCUT2D eigenvalue weighted by Crippen LogP contribution is -2.55. The fourth-order valence-electron chi connectivity index (χ4n) is 5.74. The Balaban J connectivity index is 1.36. The van der Waals surface area contributed by atoms with Crippen LogP contribution < -0.4 is 4.74 Å². The van der Waals surface area contributed by atoms with Gasteiger partial charge in [0.05, 0.1) is 19.3 Å². The first-order valence-electron chi connectivity index (χ1n) is 13.1. The van der Waals surface area contributed by atoms with Crippen LogP contribution in [-0.2, 0) is 31.1 Å². The minimum Gasteiger partial charge on any atom is -0.480 e. The molecular weight excluding hydrogens is 483 g/mol. The average molecular weight is 519 g/mol. The molecule has 1 fully saturated rings. The standard InChI is InChI=1S/C29H35FN6O2/c1-18-16-34(3)11-12-36(18)19(2)26(37)13-20-7-6-8-23-22(20)9-10-24(23)28-25(30)15-31-27(32-28)14-21-17-35(4)33-29(21)38-5/h6-8,10,15,17-19H,9,11-14,16H2,1-5H3/t18-,19-/m0/s1. The number of rotatable bonds is 8. The number of benzene rings is 1. The SMILES string of the molecule is COc1nn(C)cc1Cc1ncc(F)c(C2=CCc3c(CC(=O)[C@H](C)N4CCN(C)C[C@@H]4C)cccc32)n1. The van der Waals surface area contributed by atoms with E-state index in [0.29, 0.717) is 37.0 Å². The number of hydrogen-bond donors (Lipinski definition) is 0. The zero-order valence-corrected chi connectivity index (χ0v) is 22.7. The number of Topliss-reactive ketones (excluding diaryl/α,β-unsaturated/α-hetero) is 1. The molecule has 2 aliphatic rings. The highest BCUT2D eigenvalue weighted by Gasteiger charge is 2.30. The molecule has 0 unspecified atom stereocenters. The molecule has 1 aliphatic heterocycles. The molecule has 8 nitrogen and oxygen atoms in total. The van der Waals surface area contributed by atoms with Crippen molar-refractivity contribution in [2.24, 2.45) is 7.05 Å². The zero-order chi connectivity index (χ0) is 27.0. The number of aromatic nitrogens is 4. The fraction of sp³-hybridized carbons (Fsp3) is 0.448. The lowest BCUT2D eigenvalue weighted by atomic mass is 9.93. The Labute approximate surface area is 223 Å². The summed E-state index contributed by atoms with van der Waals surface area (Å²) in [5.74, 6) is 0.736. The van der Waals surface area contributed by atoms with Crippen LogP contribution in [0.5, 0.6) is 5.88 Å². The number of hydrogen-bond acceptors (Lipinski definition) is 7. The summed E-state index contributed by atoms with van der Waals surface area (Å²) in [6, 6.07) is 6.15. The van der Waals surface area contributed by atoms with E-state index in [1.807, 2.05) is 44.4 Å². The van der Waals surface area contributed by atoms with Gasteiger partial charge in [-0.3, -0.25) is 14.4 Å². The summed E-state index contributed by atoms with van der Waals surface area (Å²) in [6.07, 6.45) is 6.46. The molecule has 38 heavy (non-hydrogen) atoms. The van der Waals surface area contributed by atoms with Gasteiger partial charge in [-0.2, -0.15) is 0 Å². The third-order valence-corrected chi connectivity index (χ3v) is 7.74. The molecule has 1 saturated heterocycles. The Hall–Kier alpha value is -3.43. The summed E-state index contributed by atoms with van der Waals surface area (Å²) >= 11 is 0. The van der Waals surface area contributed by atoms with E-state index >= 15 is 4.39 Å². The molecular formula is C29H35FN6O2. The van der Waals surface area contributed by atoms with Crippen LogP contribution in [-0.4, -0.2) is 81.2 Å². The van der Waals surface area contributed by atoms with Crippen molar-refractivity contribution < 1.29 is 13.9 Å². The summed E-state index contributed by atoms with van der Waals surface area (Å²) in [4.78, 5) is 26.8. The number of carbonyl (C=O) groups excluding carboxylic acids is 1. The zero-order valence-electron chi connectivity index (χ0n) is 22.7. The number of piperazine rings is 1. The maximum absolute atomic E-state index is 15.0. The van der Waals surface area contributed by atoms with E-state index in [4.69, 9.17) is 4.74 Å². The van der Waals surface area contributed by atoms with E-state index in [9.17, 15) is 4.79 Å². The predicted octanol–water partition coefficient (Wildman–Crippen LogP) is 3.07. The molecule has 5 rings (SSSR count). The number of halogens is 1. The number of fused-ring (bicyclic) bond motifs is 1. The van der Waals surface area contributed by atoms with E-state index in [1.54, 1.807) is 11.8 Å². The summed E-state index contributed by atoms with van der Waals surface area (Å²) in [6.45, 7) is 7.03. The van der Waals surface area contributed by atoms with E-state index in [-0.39, 0.29) is 17.5 Å². The summed E-state index contributed by atoms with van der Waals surface area (Å²) in [5.41, 5.74) is 4.86. The lowest BCUT2D eigenvalue weighted by Gasteiger charge is -2.41. The van der Waals surface area contributed by atoms with Crippen molar-refractivity contribution in [2.75, 3.05) is 33.8 Å². The number of ether oxygens (including phenoxy) is 1. The molecule has 1 aliphatic carbocycles. The number of nitrogens with zero attached hydrogens (tertiary/aromatic N) is 6. The molecule has 3 heterocycles. The monoisotopic (exact) mass is 518 g/mol. The highest BCUT2D eigenvalue weighted by atomic mass is 19.1. The van der Waals surface area contributed by atoms with Crippen molar-refractivity contribution in [1.82, 2.24) is 29.5 Å². The number of ketones is 1. The normalized spacial score (nSPS) is 18.8. The fourth-order valence-corrected chi connectivity index (χ4v) is 5.74. The van der Waals surface area contributed by atoms with E-state index in [1.165, 1.54) is 6.20 Å². The van der Waals surface area contributed by atoms with Crippen LogP contribution in [0.15, 0.2) is 36.7 Å². The Bertz CT molecular complexity index is 1380. The number of methoxy groups -OCH3 is 1. The van der Waals surface area contributed by atoms with Crippen LogP contribution in [0.25, 0.3) is 5.57 Å². The van der Waals surface area contributed by atoms with E-state index in [2.05, 4.69) is 38.8 Å². The highest BCUT2D eigenvalue weighted by molar-refractivity contribution is 5.88. The Morgan fingerprint density at radius 3 is 2.82 bits per heavy atom. The molecule has 200 valence electrons. The first-order chi connectivity index (χ1) is 18.2. The molecule has 9 heteroatoms. The number of aryl methyl sites for hydroxylation is 1. The van der Waals surface area contributed by atoms with Crippen LogP contribution in [0.2, 0.25) is 0 Å². The van der Waals surface area contributed by atoms with Crippen molar-refractivity contribution >= 4 is 11.4 Å². The molecule has 0 N–H and O–H groups in total. The second-order valence-electron chi connectivity index (χ2n) is 10.4. The minimum absolute atomic E-state index is 0.144. The number of allylic oxidation sites excluding steroid dienone is 1. The Kier molecular flexibility index (Phi) is 7.40. The van der Waals surface area contributed by atoms with Crippen molar-refractivity contribution in [2.45, 2.75) is 45.2 Å². The van der Waals surface area contributed by atoms with Gasteiger partial charge in [-0.25, -0.2) is 14.4 Å². The molecule has 2 atom stereocenters. The number of carbonyl (C=O) groups is 1. The van der Waals surface area contributed by atoms with Gasteiger partial charge in [0.2, 0.25) is 5.88 Å². The highest BCUT2D eigenvalue weighted by Crippen LogP contribution is 2.35. The van der Waals surface area contributed by atoms with Crippen LogP contribution >= 0.6 is 0 Å². The maximum atomic E-state index is 15.0. The molecule has 0 saturated carbocycles. The van der Waals surface area contributed by atoms with Gasteiger partial charge in [0.1, 0.15) is 11.5 Å². The second kappa shape index (κ2) is 10.7. The Morgan fingerprint density at radius 1 is 1.24 bits per heavy atom. The summed E-state index contributed by atoms with van der Waals surface area (Å²) in [5, 5.41) is 4.28. The molecule has 3 aromatic rings. The molecule has 0 radical (unpaired) electrons. The molecule has 0 amide bonds. The summed E-state index contributed by atoms with van der Waals surface area (Å²) < 4.78 is 22.0. The molecule has 0 spiro atoms. The minimum atomic E-state index is -0.467. The van der Waals surface area contributed by atoms with Gasteiger partial charge in [0, 0.05) is 62.9 Å². The molecule has 1 aromatic carbocycles. The van der Waals surface area contributed by atoms with Crippen LogP contribution in [0.4, 0.5) is 4.39 Å². The third kappa shape index (κ3) is 5.13. The Morgan fingerprint density at radius 2 is 2.05 bits per heavy atom. The van der Waals surface area contributed by atoms with Crippen molar-refractivity contribution in [3.8, 4) is 5.88 Å². The molecule has 0 bridgehead atoms. The van der Waals surface area contributed by atoms with E-state index in [0.717, 1.165) is 47.5 Å². The van der Waals surface area contributed by atoms with Crippen molar-refractivity contribution in [1.29, 1.82) is 0 Å². The first-order valence-corrected chi connectivity index (χ1v) is 13.1. The van der Waals surface area contributed by atoms with Gasteiger partial charge in [-0.15, -0.1) is 5.10 Å². The van der Waals surface area contributed by atoms with E-state index < -0.39 is 5.82 Å². The van der Waals surface area contributed by atoms with Crippen molar-refractivity contribution in [3.63, 3.8) is 0 Å². The summed E-state index contributed by atoms with van der Waals surface area (Å²) in [7, 11) is 5.51. The first kappa shape index (κ1) is 26.2. The average Bonchev–Trinajstić information content (AvgIpc) is 3.48. The second-order valence-corrected chi connectivity index (χ2v) is 10.4. The molecule has 2 aromatic heterocycles. The number of likely N-dealkylation sites (N-methyl/N-ethyl adjacent to an activating group) is 1. The van der Waals surface area contributed by atoms with Gasteiger partial charge in [-0.1, -0.05) is 24.3 Å². The quantitative estimate of drug-likeness (QED) is 0.454. The predicted molar refractivity (Wildman–Crippen MR) is 144 cm³/mol. The smallest absolute Gasteiger partial charge is 0.236 e. The third-order valence-electron chi connectivity index (χ3n) is 7.74. The topological polar surface area (TPSA) is 76.4 Å². The van der Waals surface area contributed by atoms with Crippen LogP contribution in [0, 0.1) is 5.82 Å². The van der Waals surface area contributed by atoms with Gasteiger partial charge in [0.25, 0.3) is 0 Å². The van der Waals surface area contributed by atoms with Gasteiger partial charge < -0.3 is 9.64 Å². The van der Waals surface area contributed by atoms with Crippen molar-refractivity contribution in [3.05, 3.63) is 76.3 Å². The van der Waals surface area contributed by atoms with Crippen LogP contribution in [0.1, 0.15) is 47.6 Å².